The first-order valence-electron chi connectivity index (χ1n) is 6.45. The van der Waals surface area contributed by atoms with E-state index in [1.165, 1.54) is 6.08 Å². The first-order valence-corrected chi connectivity index (χ1v) is 7.21. The van der Waals surface area contributed by atoms with Crippen molar-refractivity contribution in [2.45, 2.75) is 20.5 Å². The lowest BCUT2D eigenvalue weighted by Crippen LogP contribution is -2.14. The number of pyridine rings is 1. The highest BCUT2D eigenvalue weighted by Gasteiger charge is 2.61. The van der Waals surface area contributed by atoms with Gasteiger partial charge in [0, 0.05) is 0 Å². The molecule has 1 aliphatic carbocycles. The minimum Gasteiger partial charge on any atom is -0.459 e. The van der Waals surface area contributed by atoms with Crippen molar-refractivity contribution in [3.8, 4) is 0 Å². The van der Waals surface area contributed by atoms with E-state index in [-0.39, 0.29) is 10.4 Å². The topological polar surface area (TPSA) is 39.2 Å². The predicted octanol–water partition coefficient (Wildman–Crippen LogP) is 4.27. The van der Waals surface area contributed by atoms with Crippen LogP contribution in [0.5, 0.6) is 0 Å². The Morgan fingerprint density at radius 2 is 1.83 bits per heavy atom. The minimum absolute atomic E-state index is 0.00578. The Balaban J connectivity index is 2.08. The molecule has 0 spiro atoms. The maximum Gasteiger partial charge on any atom is 0.310 e. The molecule has 1 saturated carbocycles. The first-order chi connectivity index (χ1) is 10.6. The van der Waals surface area contributed by atoms with Gasteiger partial charge >= 0.3 is 5.97 Å². The fraction of sp³-hybridized carbons (Fsp3) is 0.429. The fourth-order valence-corrected chi connectivity index (χ4v) is 2.70. The van der Waals surface area contributed by atoms with Crippen LogP contribution in [0.2, 0.25) is 0 Å². The number of hydrogen-bond donors (Lipinski definition) is 0. The van der Waals surface area contributed by atoms with Gasteiger partial charge in [0.2, 0.25) is 11.6 Å². The van der Waals surface area contributed by atoms with E-state index in [0.29, 0.717) is 0 Å². The summed E-state index contributed by atoms with van der Waals surface area (Å²) in [6.45, 7) is 2.72. The lowest BCUT2D eigenvalue weighted by molar-refractivity contribution is -0.147. The molecule has 1 aromatic rings. The normalized spacial score (nSPS) is 21.7. The van der Waals surface area contributed by atoms with Gasteiger partial charge in [-0.2, -0.15) is 8.78 Å². The van der Waals surface area contributed by atoms with Crippen LogP contribution in [-0.2, 0) is 16.1 Å². The van der Waals surface area contributed by atoms with Crippen LogP contribution < -0.4 is 0 Å². The highest BCUT2D eigenvalue weighted by Crippen LogP contribution is 2.60. The van der Waals surface area contributed by atoms with Crippen molar-refractivity contribution in [1.82, 2.24) is 4.98 Å². The standard InChI is InChI=1S/C14H11Cl2F4NO2/c1-14(2)5(3-7(15)16)8(14)13(22)23-4-6-9(17)10(18)11(19)12(20)21-6/h3,5,8H,4H2,1-2H3/t5-,8-/m1/s1. The molecule has 9 heteroatoms. The van der Waals surface area contributed by atoms with E-state index in [4.69, 9.17) is 27.9 Å². The Morgan fingerprint density at radius 3 is 2.39 bits per heavy atom. The van der Waals surface area contributed by atoms with Gasteiger partial charge in [-0.15, -0.1) is 0 Å². The summed E-state index contributed by atoms with van der Waals surface area (Å²) in [6.07, 6.45) is 1.48. The van der Waals surface area contributed by atoms with E-state index in [0.717, 1.165) is 0 Å². The van der Waals surface area contributed by atoms with Gasteiger partial charge in [0.05, 0.1) is 5.92 Å². The van der Waals surface area contributed by atoms with Crippen molar-refractivity contribution in [3.05, 3.63) is 39.7 Å². The Kier molecular flexibility index (Phi) is 4.92. The van der Waals surface area contributed by atoms with Crippen LogP contribution in [0.1, 0.15) is 19.5 Å². The molecule has 0 aromatic carbocycles. The molecule has 23 heavy (non-hydrogen) atoms. The molecule has 126 valence electrons. The van der Waals surface area contributed by atoms with Gasteiger partial charge in [-0.3, -0.25) is 4.79 Å². The quantitative estimate of drug-likeness (QED) is 0.450. The molecule has 0 aliphatic heterocycles. The molecule has 0 saturated heterocycles. The summed E-state index contributed by atoms with van der Waals surface area (Å²) < 4.78 is 57.1. The summed E-state index contributed by atoms with van der Waals surface area (Å²) in [6, 6.07) is 0. The van der Waals surface area contributed by atoms with Crippen LogP contribution in [0.15, 0.2) is 10.6 Å². The summed E-state index contributed by atoms with van der Waals surface area (Å²) in [4.78, 5) is 14.9. The van der Waals surface area contributed by atoms with Crippen molar-refractivity contribution in [2.24, 2.45) is 17.3 Å². The molecule has 1 heterocycles. The smallest absolute Gasteiger partial charge is 0.310 e. The highest BCUT2D eigenvalue weighted by molar-refractivity contribution is 6.55. The van der Waals surface area contributed by atoms with E-state index < -0.39 is 53.0 Å². The van der Waals surface area contributed by atoms with E-state index in [1.807, 2.05) is 0 Å². The van der Waals surface area contributed by atoms with Crippen LogP contribution >= 0.6 is 23.2 Å². The fourth-order valence-electron chi connectivity index (χ4n) is 2.43. The summed E-state index contributed by atoms with van der Waals surface area (Å²) in [5.41, 5.74) is -1.31. The molecule has 1 aliphatic rings. The molecular formula is C14H11Cl2F4NO2. The van der Waals surface area contributed by atoms with Gasteiger partial charge in [-0.05, 0) is 17.4 Å². The van der Waals surface area contributed by atoms with Crippen molar-refractivity contribution < 1.29 is 27.1 Å². The molecule has 3 nitrogen and oxygen atoms in total. The van der Waals surface area contributed by atoms with E-state index in [9.17, 15) is 22.4 Å². The number of allylic oxidation sites excluding steroid dienone is 1. The number of rotatable bonds is 4. The number of carbonyl (C=O) groups is 1. The second-order valence-electron chi connectivity index (χ2n) is 5.68. The van der Waals surface area contributed by atoms with Crippen LogP contribution in [-0.4, -0.2) is 11.0 Å². The largest absolute Gasteiger partial charge is 0.459 e. The SMILES string of the molecule is CC1(C)[C@H](C=C(Cl)Cl)[C@@H]1C(=O)OCc1nc(F)c(F)c(F)c1F. The van der Waals surface area contributed by atoms with Crippen molar-refractivity contribution >= 4 is 29.2 Å². The average Bonchev–Trinajstić information content (AvgIpc) is 2.99. The third-order valence-corrected chi connectivity index (χ3v) is 4.13. The lowest BCUT2D eigenvalue weighted by atomic mass is 10.1. The zero-order valence-corrected chi connectivity index (χ0v) is 13.5. The number of ether oxygens (including phenoxy) is 1. The molecule has 0 unspecified atom stereocenters. The third-order valence-electron chi connectivity index (χ3n) is 3.87. The van der Waals surface area contributed by atoms with Crippen LogP contribution in [0.25, 0.3) is 0 Å². The van der Waals surface area contributed by atoms with Crippen molar-refractivity contribution in [1.29, 1.82) is 0 Å². The Morgan fingerprint density at radius 1 is 1.22 bits per heavy atom. The summed E-state index contributed by atoms with van der Waals surface area (Å²) in [5.74, 6) is -9.14. The van der Waals surface area contributed by atoms with Crippen molar-refractivity contribution in [2.75, 3.05) is 0 Å². The first kappa shape index (κ1) is 18.0. The minimum atomic E-state index is -2.03. The molecule has 2 rings (SSSR count). The molecule has 2 atom stereocenters. The monoisotopic (exact) mass is 371 g/mol. The van der Waals surface area contributed by atoms with Gasteiger partial charge in [0.25, 0.3) is 5.95 Å². The molecule has 1 aromatic heterocycles. The Bertz CT molecular complexity index is 690. The Labute approximate surface area is 139 Å². The zero-order chi connectivity index (χ0) is 17.5. The second kappa shape index (κ2) is 6.28. The van der Waals surface area contributed by atoms with Gasteiger partial charge in [0.1, 0.15) is 16.8 Å². The lowest BCUT2D eigenvalue weighted by Gasteiger charge is -2.07. The van der Waals surface area contributed by atoms with Crippen LogP contribution in [0.4, 0.5) is 17.6 Å². The van der Waals surface area contributed by atoms with E-state index in [2.05, 4.69) is 4.98 Å². The zero-order valence-electron chi connectivity index (χ0n) is 12.0. The number of halogens is 6. The number of aromatic nitrogens is 1. The van der Waals surface area contributed by atoms with Crippen LogP contribution in [0, 0.1) is 40.7 Å². The van der Waals surface area contributed by atoms with Crippen molar-refractivity contribution in [3.63, 3.8) is 0 Å². The second-order valence-corrected chi connectivity index (χ2v) is 6.69. The third kappa shape index (κ3) is 3.45. The number of carbonyl (C=O) groups excluding carboxylic acids is 1. The molecule has 0 amide bonds. The van der Waals surface area contributed by atoms with E-state index in [1.54, 1.807) is 13.8 Å². The predicted molar refractivity (Wildman–Crippen MR) is 74.4 cm³/mol. The van der Waals surface area contributed by atoms with E-state index >= 15 is 0 Å². The van der Waals surface area contributed by atoms with Gasteiger partial charge in [0.15, 0.2) is 5.82 Å². The number of nitrogens with zero attached hydrogens (tertiary/aromatic N) is 1. The summed E-state index contributed by atoms with van der Waals surface area (Å²) >= 11 is 11.1. The van der Waals surface area contributed by atoms with Crippen LogP contribution in [0.3, 0.4) is 0 Å². The molecule has 0 N–H and O–H groups in total. The maximum atomic E-state index is 13.4. The maximum absolute atomic E-state index is 13.4. The number of hydrogen-bond acceptors (Lipinski definition) is 3. The highest BCUT2D eigenvalue weighted by atomic mass is 35.5. The summed E-state index contributed by atoms with van der Waals surface area (Å²) in [5, 5.41) is 0. The Hall–Kier alpha value is -1.34. The van der Waals surface area contributed by atoms with Gasteiger partial charge in [-0.25, -0.2) is 13.8 Å². The summed E-state index contributed by atoms with van der Waals surface area (Å²) in [7, 11) is 0. The molecular weight excluding hydrogens is 361 g/mol. The van der Waals surface area contributed by atoms with Gasteiger partial charge in [-0.1, -0.05) is 37.0 Å². The molecule has 1 fully saturated rings. The number of esters is 1. The molecule has 0 radical (unpaired) electrons. The van der Waals surface area contributed by atoms with Gasteiger partial charge < -0.3 is 4.74 Å². The average molecular weight is 372 g/mol. The molecule has 0 bridgehead atoms.